The van der Waals surface area contributed by atoms with Crippen LogP contribution < -0.4 is 10.6 Å². The van der Waals surface area contributed by atoms with Gasteiger partial charge in [0, 0.05) is 6.54 Å². The number of hydrogen-bond donors (Lipinski definition) is 3. The van der Waals surface area contributed by atoms with Gasteiger partial charge in [0.2, 0.25) is 0 Å². The SMILES string of the molecule is CCOC(=O)c1cnn(CC(O)c2ccccc2)c1NC(=O)NCCc1ccccc1. The van der Waals surface area contributed by atoms with Crippen molar-refractivity contribution in [2.45, 2.75) is 26.0 Å². The molecular formula is C23H26N4O4. The summed E-state index contributed by atoms with van der Waals surface area (Å²) >= 11 is 0. The number of aliphatic hydroxyl groups excluding tert-OH is 1. The van der Waals surface area contributed by atoms with E-state index < -0.39 is 18.1 Å². The van der Waals surface area contributed by atoms with Gasteiger partial charge < -0.3 is 15.2 Å². The van der Waals surface area contributed by atoms with Crippen LogP contribution in [0.3, 0.4) is 0 Å². The zero-order valence-electron chi connectivity index (χ0n) is 17.3. The Morgan fingerprint density at radius 1 is 1.10 bits per heavy atom. The number of aliphatic hydroxyl groups is 1. The molecule has 0 aliphatic carbocycles. The molecule has 1 unspecified atom stereocenters. The highest BCUT2D eigenvalue weighted by Crippen LogP contribution is 2.21. The van der Waals surface area contributed by atoms with Crippen LogP contribution in [0.15, 0.2) is 66.9 Å². The second-order valence-electron chi connectivity index (χ2n) is 6.85. The van der Waals surface area contributed by atoms with Crippen molar-refractivity contribution in [1.29, 1.82) is 0 Å². The van der Waals surface area contributed by atoms with Crippen LogP contribution in [0, 0.1) is 0 Å². The first-order valence-corrected chi connectivity index (χ1v) is 10.1. The Bertz CT molecular complexity index is 989. The predicted octanol–water partition coefficient (Wildman–Crippen LogP) is 3.16. The highest BCUT2D eigenvalue weighted by atomic mass is 16.5. The third kappa shape index (κ3) is 6.16. The normalized spacial score (nSPS) is 11.5. The second-order valence-corrected chi connectivity index (χ2v) is 6.85. The topological polar surface area (TPSA) is 105 Å². The van der Waals surface area contributed by atoms with Gasteiger partial charge in [-0.1, -0.05) is 60.7 Å². The van der Waals surface area contributed by atoms with E-state index in [1.165, 1.54) is 10.9 Å². The Hall–Kier alpha value is -3.65. The lowest BCUT2D eigenvalue weighted by molar-refractivity contribution is 0.0527. The van der Waals surface area contributed by atoms with Crippen molar-refractivity contribution in [3.05, 3.63) is 83.6 Å². The van der Waals surface area contributed by atoms with Crippen LogP contribution in [0.2, 0.25) is 0 Å². The van der Waals surface area contributed by atoms with Crippen LogP contribution in [0.5, 0.6) is 0 Å². The molecule has 3 N–H and O–H groups in total. The minimum absolute atomic E-state index is 0.0586. The standard InChI is InChI=1S/C23H26N4O4/c1-2-31-22(29)19-15-25-27(16-20(28)18-11-7-4-8-12-18)21(19)26-23(30)24-14-13-17-9-5-3-6-10-17/h3-12,15,20,28H,2,13-14,16H2,1H3,(H2,24,26,30). The Labute approximate surface area is 180 Å². The molecule has 2 amide bonds. The summed E-state index contributed by atoms with van der Waals surface area (Å²) in [5.41, 5.74) is 1.93. The molecule has 0 bridgehead atoms. The molecule has 0 radical (unpaired) electrons. The Morgan fingerprint density at radius 2 is 1.77 bits per heavy atom. The van der Waals surface area contributed by atoms with Crippen LogP contribution in [-0.4, -0.2) is 40.0 Å². The molecule has 1 aromatic heterocycles. The fourth-order valence-electron chi connectivity index (χ4n) is 3.08. The number of esters is 1. The lowest BCUT2D eigenvalue weighted by atomic mass is 10.1. The number of hydrogen-bond acceptors (Lipinski definition) is 5. The number of benzene rings is 2. The van der Waals surface area contributed by atoms with Crippen molar-refractivity contribution in [1.82, 2.24) is 15.1 Å². The molecule has 0 saturated carbocycles. The van der Waals surface area contributed by atoms with Gasteiger partial charge in [-0.2, -0.15) is 5.10 Å². The van der Waals surface area contributed by atoms with Crippen LogP contribution >= 0.6 is 0 Å². The largest absolute Gasteiger partial charge is 0.462 e. The van der Waals surface area contributed by atoms with E-state index in [2.05, 4.69) is 15.7 Å². The van der Waals surface area contributed by atoms with Gasteiger partial charge in [-0.05, 0) is 24.5 Å². The molecule has 0 aliphatic heterocycles. The van der Waals surface area contributed by atoms with Gasteiger partial charge >= 0.3 is 12.0 Å². The maximum Gasteiger partial charge on any atom is 0.343 e. The number of amides is 2. The van der Waals surface area contributed by atoms with E-state index >= 15 is 0 Å². The van der Waals surface area contributed by atoms with Crippen LogP contribution in [0.4, 0.5) is 10.6 Å². The van der Waals surface area contributed by atoms with E-state index in [1.807, 2.05) is 48.5 Å². The predicted molar refractivity (Wildman–Crippen MR) is 117 cm³/mol. The molecule has 1 heterocycles. The van der Waals surface area contributed by atoms with Gasteiger partial charge in [-0.25, -0.2) is 14.3 Å². The molecule has 0 aliphatic rings. The summed E-state index contributed by atoms with van der Waals surface area (Å²) in [7, 11) is 0. The molecular weight excluding hydrogens is 396 g/mol. The van der Waals surface area contributed by atoms with Gasteiger partial charge in [0.25, 0.3) is 0 Å². The van der Waals surface area contributed by atoms with Crippen LogP contribution in [0.25, 0.3) is 0 Å². The molecule has 0 spiro atoms. The molecule has 8 nitrogen and oxygen atoms in total. The van der Waals surface area contributed by atoms with Gasteiger partial charge in [0.05, 0.1) is 25.5 Å². The lowest BCUT2D eigenvalue weighted by Crippen LogP contribution is -2.32. The summed E-state index contributed by atoms with van der Waals surface area (Å²) in [6.45, 7) is 2.37. The molecule has 0 saturated heterocycles. The first kappa shape index (κ1) is 22.0. The van der Waals surface area contributed by atoms with E-state index in [0.29, 0.717) is 18.5 Å². The van der Waals surface area contributed by atoms with Crippen molar-refractivity contribution in [2.24, 2.45) is 0 Å². The molecule has 8 heteroatoms. The van der Waals surface area contributed by atoms with E-state index in [1.54, 1.807) is 19.1 Å². The number of anilines is 1. The summed E-state index contributed by atoms with van der Waals surface area (Å²) in [6, 6.07) is 18.4. The summed E-state index contributed by atoms with van der Waals surface area (Å²) in [4.78, 5) is 24.8. The first-order chi connectivity index (χ1) is 15.1. The molecule has 0 fully saturated rings. The molecule has 1 atom stereocenters. The van der Waals surface area contributed by atoms with Gasteiger partial charge in [0.1, 0.15) is 11.4 Å². The monoisotopic (exact) mass is 422 g/mol. The molecule has 162 valence electrons. The maximum atomic E-state index is 12.5. The zero-order chi connectivity index (χ0) is 22.1. The third-order valence-electron chi connectivity index (χ3n) is 4.64. The third-order valence-corrected chi connectivity index (χ3v) is 4.64. The summed E-state index contributed by atoms with van der Waals surface area (Å²) in [6.07, 6.45) is 1.14. The zero-order valence-corrected chi connectivity index (χ0v) is 17.3. The van der Waals surface area contributed by atoms with E-state index in [4.69, 9.17) is 4.74 Å². The van der Waals surface area contributed by atoms with Crippen LogP contribution in [0.1, 0.15) is 34.5 Å². The number of nitrogens with one attached hydrogen (secondary N) is 2. The highest BCUT2D eigenvalue weighted by molar-refractivity contribution is 5.99. The number of rotatable bonds is 9. The highest BCUT2D eigenvalue weighted by Gasteiger charge is 2.22. The van der Waals surface area contributed by atoms with Gasteiger partial charge in [-0.15, -0.1) is 0 Å². The maximum absolute atomic E-state index is 12.5. The Balaban J connectivity index is 1.70. The Morgan fingerprint density at radius 3 is 2.45 bits per heavy atom. The Kier molecular flexibility index (Phi) is 7.78. The second kappa shape index (κ2) is 10.9. The number of nitrogens with zero attached hydrogens (tertiary/aromatic N) is 2. The smallest absolute Gasteiger partial charge is 0.343 e. The van der Waals surface area contributed by atoms with Crippen molar-refractivity contribution in [2.75, 3.05) is 18.5 Å². The van der Waals surface area contributed by atoms with Crippen molar-refractivity contribution < 1.29 is 19.4 Å². The quantitative estimate of drug-likeness (QED) is 0.460. The van der Waals surface area contributed by atoms with Crippen LogP contribution in [-0.2, 0) is 17.7 Å². The number of carbonyl (C=O) groups excluding carboxylic acids is 2. The average Bonchev–Trinajstić information content (AvgIpc) is 3.17. The fourth-order valence-corrected chi connectivity index (χ4v) is 3.08. The minimum atomic E-state index is -0.863. The molecule has 3 aromatic rings. The molecule has 2 aromatic carbocycles. The molecule has 3 rings (SSSR count). The van der Waals surface area contributed by atoms with Crippen molar-refractivity contribution in [3.8, 4) is 0 Å². The van der Waals surface area contributed by atoms with E-state index in [-0.39, 0.29) is 24.5 Å². The lowest BCUT2D eigenvalue weighted by Gasteiger charge is -2.15. The number of ether oxygens (including phenoxy) is 1. The summed E-state index contributed by atoms with van der Waals surface area (Å²) in [5, 5.41) is 20.2. The fraction of sp³-hybridized carbons (Fsp3) is 0.261. The number of aromatic nitrogens is 2. The van der Waals surface area contributed by atoms with E-state index in [0.717, 1.165) is 5.56 Å². The average molecular weight is 422 g/mol. The van der Waals surface area contributed by atoms with Crippen molar-refractivity contribution in [3.63, 3.8) is 0 Å². The molecule has 31 heavy (non-hydrogen) atoms. The van der Waals surface area contributed by atoms with Crippen molar-refractivity contribution >= 4 is 17.8 Å². The van der Waals surface area contributed by atoms with Gasteiger partial charge in [-0.3, -0.25) is 5.32 Å². The summed E-state index contributed by atoms with van der Waals surface area (Å²) in [5.74, 6) is -0.423. The first-order valence-electron chi connectivity index (χ1n) is 10.1. The summed E-state index contributed by atoms with van der Waals surface area (Å²) < 4.78 is 6.46. The van der Waals surface area contributed by atoms with Gasteiger partial charge in [0.15, 0.2) is 0 Å². The number of urea groups is 1. The minimum Gasteiger partial charge on any atom is -0.462 e. The van der Waals surface area contributed by atoms with E-state index in [9.17, 15) is 14.7 Å². The number of carbonyl (C=O) groups is 2.